The van der Waals surface area contributed by atoms with Crippen molar-refractivity contribution in [3.8, 4) is 5.69 Å². The summed E-state index contributed by atoms with van der Waals surface area (Å²) >= 11 is 7.31. The first kappa shape index (κ1) is 23.0. The molecular weight excluding hydrogens is 456 g/mol. The Kier molecular flexibility index (Phi) is 6.81. The summed E-state index contributed by atoms with van der Waals surface area (Å²) in [5.41, 5.74) is 2.65. The van der Waals surface area contributed by atoms with Crippen LogP contribution in [-0.2, 0) is 4.79 Å². The zero-order chi connectivity index (χ0) is 23.5. The molecule has 1 N–H and O–H groups in total. The zero-order valence-corrected chi connectivity index (χ0v) is 20.0. The number of amides is 1. The van der Waals surface area contributed by atoms with Crippen LogP contribution in [0.15, 0.2) is 76.8 Å². The third kappa shape index (κ3) is 4.79. The highest BCUT2D eigenvalue weighted by Gasteiger charge is 2.22. The number of halogens is 1. The van der Waals surface area contributed by atoms with E-state index >= 15 is 0 Å². The van der Waals surface area contributed by atoms with Crippen LogP contribution < -0.4 is 10.9 Å². The number of anilines is 1. The van der Waals surface area contributed by atoms with Crippen LogP contribution >= 0.6 is 23.4 Å². The first-order chi connectivity index (χ1) is 15.9. The Labute approximate surface area is 201 Å². The maximum Gasteiger partial charge on any atom is 0.266 e. The molecular formula is C25H23ClN4O2S. The highest BCUT2D eigenvalue weighted by molar-refractivity contribution is 8.00. The Morgan fingerprint density at radius 2 is 1.76 bits per heavy atom. The summed E-state index contributed by atoms with van der Waals surface area (Å²) in [6, 6.07) is 18.4. The number of hydrogen-bond donors (Lipinski definition) is 1. The summed E-state index contributed by atoms with van der Waals surface area (Å²) in [6.07, 6.45) is 1.56. The molecule has 1 atom stereocenters. The predicted octanol–water partition coefficient (Wildman–Crippen LogP) is 5.68. The van der Waals surface area contributed by atoms with Gasteiger partial charge < -0.3 is 5.32 Å². The fraction of sp³-hybridized carbons (Fsp3) is 0.200. The minimum atomic E-state index is -0.549. The van der Waals surface area contributed by atoms with Crippen LogP contribution in [0.5, 0.6) is 0 Å². The van der Waals surface area contributed by atoms with Gasteiger partial charge in [0.05, 0.1) is 27.5 Å². The quantitative estimate of drug-likeness (QED) is 0.219. The van der Waals surface area contributed by atoms with Gasteiger partial charge in [-0.2, -0.15) is 0 Å². The van der Waals surface area contributed by atoms with Crippen molar-refractivity contribution in [3.63, 3.8) is 0 Å². The van der Waals surface area contributed by atoms with Crippen molar-refractivity contribution < 1.29 is 4.79 Å². The molecule has 2 aromatic carbocycles. The molecule has 4 rings (SSSR count). The number of nitrogens with one attached hydrogen (secondary N) is 1. The molecule has 0 aliphatic heterocycles. The third-order valence-corrected chi connectivity index (χ3v) is 6.57. The van der Waals surface area contributed by atoms with Crippen LogP contribution in [0, 0.1) is 0 Å². The molecule has 0 saturated carbocycles. The Bertz CT molecular complexity index is 1390. The molecule has 0 spiro atoms. The van der Waals surface area contributed by atoms with Crippen molar-refractivity contribution in [1.82, 2.24) is 14.5 Å². The normalized spacial score (nSPS) is 12.2. The second kappa shape index (κ2) is 9.77. The van der Waals surface area contributed by atoms with E-state index in [-0.39, 0.29) is 22.5 Å². The van der Waals surface area contributed by atoms with Gasteiger partial charge in [-0.05, 0) is 48.7 Å². The van der Waals surface area contributed by atoms with Gasteiger partial charge in [-0.1, -0.05) is 67.5 Å². The van der Waals surface area contributed by atoms with E-state index in [1.54, 1.807) is 42.0 Å². The number of nitrogens with zero attached hydrogens (tertiary/aromatic N) is 3. The Hall–Kier alpha value is -3.16. The summed E-state index contributed by atoms with van der Waals surface area (Å²) < 4.78 is 1.61. The van der Waals surface area contributed by atoms with Crippen molar-refractivity contribution in [1.29, 1.82) is 0 Å². The van der Waals surface area contributed by atoms with Crippen LogP contribution in [0.3, 0.4) is 0 Å². The van der Waals surface area contributed by atoms with Gasteiger partial charge in [-0.3, -0.25) is 14.2 Å². The minimum Gasteiger partial charge on any atom is -0.322 e. The van der Waals surface area contributed by atoms with E-state index in [0.717, 1.165) is 11.3 Å². The van der Waals surface area contributed by atoms with E-state index in [2.05, 4.69) is 24.1 Å². The molecule has 1 unspecified atom stereocenters. The topological polar surface area (TPSA) is 76.9 Å². The first-order valence-electron chi connectivity index (χ1n) is 10.6. The molecule has 33 heavy (non-hydrogen) atoms. The van der Waals surface area contributed by atoms with Gasteiger partial charge in [0.1, 0.15) is 0 Å². The second-order valence-electron chi connectivity index (χ2n) is 7.86. The van der Waals surface area contributed by atoms with E-state index in [9.17, 15) is 9.59 Å². The number of para-hydroxylation sites is 2. The Balaban J connectivity index is 1.79. The molecule has 1 amide bonds. The minimum absolute atomic E-state index is 0.167. The van der Waals surface area contributed by atoms with Gasteiger partial charge in [0, 0.05) is 6.20 Å². The van der Waals surface area contributed by atoms with E-state index in [0.29, 0.717) is 21.7 Å². The lowest BCUT2D eigenvalue weighted by Gasteiger charge is -2.19. The fourth-order valence-corrected chi connectivity index (χ4v) is 4.59. The summed E-state index contributed by atoms with van der Waals surface area (Å²) in [7, 11) is 0. The monoisotopic (exact) mass is 478 g/mol. The van der Waals surface area contributed by atoms with Crippen LogP contribution in [0.4, 0.5) is 5.69 Å². The summed E-state index contributed by atoms with van der Waals surface area (Å²) in [5, 5.41) is 3.45. The van der Waals surface area contributed by atoms with Crippen molar-refractivity contribution in [3.05, 3.63) is 87.9 Å². The van der Waals surface area contributed by atoms with Gasteiger partial charge in [-0.25, -0.2) is 9.97 Å². The summed E-state index contributed by atoms with van der Waals surface area (Å²) in [5.74, 6) is -0.0631. The van der Waals surface area contributed by atoms with Gasteiger partial charge in [0.25, 0.3) is 5.56 Å². The SMILES string of the molecule is CC(Sc1nc2ccccc2c(=O)n1-c1ccccc1C(C)C)C(=O)Nc1cccnc1Cl. The first-order valence-corrected chi connectivity index (χ1v) is 11.8. The second-order valence-corrected chi connectivity index (χ2v) is 9.52. The van der Waals surface area contributed by atoms with Crippen molar-refractivity contribution in [2.75, 3.05) is 5.32 Å². The predicted molar refractivity (Wildman–Crippen MR) is 135 cm³/mol. The van der Waals surface area contributed by atoms with Crippen LogP contribution in [-0.4, -0.2) is 25.7 Å². The molecule has 0 radical (unpaired) electrons. The largest absolute Gasteiger partial charge is 0.322 e. The van der Waals surface area contributed by atoms with Gasteiger partial charge in [-0.15, -0.1) is 0 Å². The summed E-state index contributed by atoms with van der Waals surface area (Å²) in [4.78, 5) is 35.3. The standard InChI is InChI=1S/C25H23ClN4O2S/c1-15(2)17-9-5-7-13-21(17)30-24(32)18-10-4-6-11-19(18)29-25(30)33-16(3)23(31)28-20-12-8-14-27-22(20)26/h4-16H,1-3H3,(H,28,31). The van der Waals surface area contributed by atoms with Crippen molar-refractivity contribution >= 4 is 45.9 Å². The lowest BCUT2D eigenvalue weighted by molar-refractivity contribution is -0.115. The molecule has 168 valence electrons. The van der Waals surface area contributed by atoms with Gasteiger partial charge in [0.2, 0.25) is 5.91 Å². The Morgan fingerprint density at radius 1 is 1.03 bits per heavy atom. The van der Waals surface area contributed by atoms with Crippen molar-refractivity contribution in [2.45, 2.75) is 37.1 Å². The number of rotatable bonds is 6. The van der Waals surface area contributed by atoms with Crippen LogP contribution in [0.2, 0.25) is 5.15 Å². The van der Waals surface area contributed by atoms with Crippen LogP contribution in [0.25, 0.3) is 16.6 Å². The van der Waals surface area contributed by atoms with Gasteiger partial charge >= 0.3 is 0 Å². The van der Waals surface area contributed by atoms with Gasteiger partial charge in [0.15, 0.2) is 10.3 Å². The van der Waals surface area contributed by atoms with E-state index in [1.165, 1.54) is 11.8 Å². The number of aromatic nitrogens is 3. The molecule has 0 bridgehead atoms. The lowest BCUT2D eigenvalue weighted by Crippen LogP contribution is -2.27. The summed E-state index contributed by atoms with van der Waals surface area (Å²) in [6.45, 7) is 5.93. The average molecular weight is 479 g/mol. The van der Waals surface area contributed by atoms with E-state index in [1.807, 2.05) is 36.4 Å². The lowest BCUT2D eigenvalue weighted by atomic mass is 10.0. The molecule has 8 heteroatoms. The highest BCUT2D eigenvalue weighted by Crippen LogP contribution is 2.29. The molecule has 0 fully saturated rings. The highest BCUT2D eigenvalue weighted by atomic mass is 35.5. The molecule has 0 aliphatic carbocycles. The molecule has 0 saturated heterocycles. The number of fused-ring (bicyclic) bond motifs is 1. The number of pyridine rings is 1. The van der Waals surface area contributed by atoms with Crippen molar-refractivity contribution in [2.24, 2.45) is 0 Å². The number of thioether (sulfide) groups is 1. The maximum atomic E-state index is 13.6. The molecule has 0 aliphatic rings. The number of carbonyl (C=O) groups is 1. The maximum absolute atomic E-state index is 13.6. The third-order valence-electron chi connectivity index (χ3n) is 5.21. The average Bonchev–Trinajstić information content (AvgIpc) is 2.80. The molecule has 2 aromatic heterocycles. The van der Waals surface area contributed by atoms with E-state index in [4.69, 9.17) is 16.6 Å². The Morgan fingerprint density at radius 3 is 2.52 bits per heavy atom. The van der Waals surface area contributed by atoms with Crippen LogP contribution in [0.1, 0.15) is 32.3 Å². The smallest absolute Gasteiger partial charge is 0.266 e. The zero-order valence-electron chi connectivity index (χ0n) is 18.4. The van der Waals surface area contributed by atoms with E-state index < -0.39 is 5.25 Å². The molecule has 4 aromatic rings. The fourth-order valence-electron chi connectivity index (χ4n) is 3.51. The molecule has 6 nitrogen and oxygen atoms in total. The number of carbonyl (C=O) groups excluding carboxylic acids is 1. The number of hydrogen-bond acceptors (Lipinski definition) is 5. The number of benzene rings is 2. The molecule has 2 heterocycles.